The molecule has 86 valence electrons. The van der Waals surface area contributed by atoms with E-state index < -0.39 is 0 Å². The van der Waals surface area contributed by atoms with Crippen LogP contribution < -0.4 is 0 Å². The normalized spacial score (nSPS) is 14.2. The Bertz CT molecular complexity index is 871. The minimum atomic E-state index is 0.855. The number of pyridine rings is 1. The van der Waals surface area contributed by atoms with Crippen LogP contribution in [0.4, 0.5) is 0 Å². The highest BCUT2D eigenvalue weighted by Crippen LogP contribution is 2.31. The molecule has 3 aromatic rings. The number of aliphatic imine (C=N–C) groups is 1. The molecule has 0 aliphatic carbocycles. The Hall–Kier alpha value is -2.00. The third-order valence-corrected chi connectivity index (χ3v) is 3.88. The molecule has 1 aliphatic rings. The van der Waals surface area contributed by atoms with Gasteiger partial charge in [-0.3, -0.25) is 4.99 Å². The number of benzene rings is 1. The van der Waals surface area contributed by atoms with Crippen molar-refractivity contribution in [3.05, 3.63) is 52.4 Å². The monoisotopic (exact) mass is 250 g/mol. The van der Waals surface area contributed by atoms with E-state index >= 15 is 0 Å². The van der Waals surface area contributed by atoms with E-state index in [9.17, 15) is 0 Å². The average molecular weight is 250 g/mol. The van der Waals surface area contributed by atoms with Gasteiger partial charge in [-0.2, -0.15) is 0 Å². The van der Waals surface area contributed by atoms with E-state index in [-0.39, 0.29) is 0 Å². The third-order valence-electron chi connectivity index (χ3n) is 3.53. The first-order valence-corrected chi connectivity index (χ1v) is 6.33. The molecule has 0 spiro atoms. The van der Waals surface area contributed by atoms with Crippen LogP contribution in [0.5, 0.6) is 0 Å². The second-order valence-corrected chi connectivity index (χ2v) is 4.90. The number of rotatable bonds is 0. The molecule has 18 heavy (non-hydrogen) atoms. The highest BCUT2D eigenvalue weighted by atomic mass is 32.1. The maximum Gasteiger partial charge on any atom is 0.0618 e. The quantitative estimate of drug-likeness (QED) is 0.554. The SMILES string of the molecule is S=c1ccn2c3c(c4cccc1c42)C=CN=CC3. The highest BCUT2D eigenvalue weighted by molar-refractivity contribution is 7.71. The van der Waals surface area contributed by atoms with Crippen molar-refractivity contribution >= 4 is 40.8 Å². The Labute approximate surface area is 109 Å². The smallest absolute Gasteiger partial charge is 0.0618 e. The molecule has 0 atom stereocenters. The van der Waals surface area contributed by atoms with Crippen LogP contribution in [-0.4, -0.2) is 10.6 Å². The van der Waals surface area contributed by atoms with Gasteiger partial charge < -0.3 is 4.40 Å². The molecule has 3 heterocycles. The molecule has 1 aliphatic heterocycles. The summed E-state index contributed by atoms with van der Waals surface area (Å²) in [5, 5.41) is 2.42. The van der Waals surface area contributed by atoms with Gasteiger partial charge in [0.25, 0.3) is 0 Å². The summed E-state index contributed by atoms with van der Waals surface area (Å²) in [6, 6.07) is 8.34. The molecule has 0 amide bonds. The average Bonchev–Trinajstić information content (AvgIpc) is 2.57. The standard InChI is InChI=1S/C15H10N2S/c18-14-6-9-17-13-5-8-16-7-4-10(13)11-2-1-3-12(14)15(11)17/h1-4,6-9H,5H2. The van der Waals surface area contributed by atoms with E-state index in [2.05, 4.69) is 39.9 Å². The Morgan fingerprint density at radius 1 is 1.17 bits per heavy atom. The van der Waals surface area contributed by atoms with Gasteiger partial charge in [-0.15, -0.1) is 0 Å². The molecule has 2 aromatic heterocycles. The number of hydrogen-bond acceptors (Lipinski definition) is 2. The summed E-state index contributed by atoms with van der Waals surface area (Å²) < 4.78 is 3.16. The van der Waals surface area contributed by atoms with Gasteiger partial charge >= 0.3 is 0 Å². The van der Waals surface area contributed by atoms with E-state index in [0.29, 0.717) is 0 Å². The zero-order valence-corrected chi connectivity index (χ0v) is 10.4. The van der Waals surface area contributed by atoms with Crippen LogP contribution in [0.3, 0.4) is 0 Å². The summed E-state index contributed by atoms with van der Waals surface area (Å²) >= 11 is 5.42. The second kappa shape index (κ2) is 3.50. The van der Waals surface area contributed by atoms with Crippen molar-refractivity contribution in [2.24, 2.45) is 4.99 Å². The van der Waals surface area contributed by atoms with E-state index in [0.717, 1.165) is 16.3 Å². The number of para-hydroxylation sites is 1. The first-order valence-electron chi connectivity index (χ1n) is 5.93. The summed E-state index contributed by atoms with van der Waals surface area (Å²) in [7, 11) is 0. The summed E-state index contributed by atoms with van der Waals surface area (Å²) in [5.74, 6) is 0. The van der Waals surface area contributed by atoms with Crippen LogP contribution in [0.15, 0.2) is 41.7 Å². The second-order valence-electron chi connectivity index (χ2n) is 4.46. The van der Waals surface area contributed by atoms with Gasteiger partial charge in [-0.05, 0) is 12.1 Å². The highest BCUT2D eigenvalue weighted by Gasteiger charge is 2.15. The fraction of sp³-hybridized carbons (Fsp3) is 0.0667. The van der Waals surface area contributed by atoms with E-state index in [1.54, 1.807) is 0 Å². The number of hydrogen-bond donors (Lipinski definition) is 0. The van der Waals surface area contributed by atoms with Gasteiger partial charge in [-0.1, -0.05) is 30.4 Å². The molecule has 0 N–H and O–H groups in total. The lowest BCUT2D eigenvalue weighted by molar-refractivity contribution is 1.08. The zero-order valence-electron chi connectivity index (χ0n) is 9.63. The molecule has 0 saturated heterocycles. The van der Waals surface area contributed by atoms with Gasteiger partial charge in [0.2, 0.25) is 0 Å². The van der Waals surface area contributed by atoms with Crippen LogP contribution in [0.2, 0.25) is 0 Å². The topological polar surface area (TPSA) is 16.8 Å². The molecule has 0 bridgehead atoms. The summed E-state index contributed by atoms with van der Waals surface area (Å²) in [6.07, 6.45) is 8.83. The number of aromatic nitrogens is 1. The lowest BCUT2D eigenvalue weighted by Crippen LogP contribution is -1.94. The van der Waals surface area contributed by atoms with Gasteiger partial charge in [0.05, 0.1) is 5.52 Å². The predicted molar refractivity (Wildman–Crippen MR) is 78.2 cm³/mol. The van der Waals surface area contributed by atoms with Crippen molar-refractivity contribution < 1.29 is 0 Å². The van der Waals surface area contributed by atoms with Gasteiger partial charge in [0.1, 0.15) is 0 Å². The molecule has 0 radical (unpaired) electrons. The summed E-state index contributed by atoms with van der Waals surface area (Å²) in [4.78, 5) is 4.23. The van der Waals surface area contributed by atoms with Crippen LogP contribution in [0.1, 0.15) is 11.3 Å². The lowest BCUT2D eigenvalue weighted by atomic mass is 10.1. The van der Waals surface area contributed by atoms with Gasteiger partial charge in [-0.25, -0.2) is 0 Å². The van der Waals surface area contributed by atoms with Crippen LogP contribution >= 0.6 is 12.2 Å². The molecule has 1 aromatic carbocycles. The maximum absolute atomic E-state index is 5.42. The maximum atomic E-state index is 5.42. The van der Waals surface area contributed by atoms with Crippen LogP contribution in [0, 0.1) is 4.51 Å². The Morgan fingerprint density at radius 2 is 2.06 bits per heavy atom. The Morgan fingerprint density at radius 3 is 3.00 bits per heavy atom. The first-order chi connectivity index (χ1) is 8.86. The van der Waals surface area contributed by atoms with Crippen LogP contribution in [-0.2, 0) is 6.42 Å². The number of fused-ring (bicyclic) bond motifs is 3. The largest absolute Gasteiger partial charge is 0.319 e. The van der Waals surface area contributed by atoms with Crippen molar-refractivity contribution in [1.82, 2.24) is 4.40 Å². The zero-order chi connectivity index (χ0) is 12.1. The van der Waals surface area contributed by atoms with Gasteiger partial charge in [0, 0.05) is 51.6 Å². The van der Waals surface area contributed by atoms with Crippen molar-refractivity contribution in [2.75, 3.05) is 0 Å². The predicted octanol–water partition coefficient (Wildman–Crippen LogP) is 3.86. The molecule has 2 nitrogen and oxygen atoms in total. The molecule has 0 saturated carbocycles. The molecule has 4 rings (SSSR count). The molecular weight excluding hydrogens is 240 g/mol. The van der Waals surface area contributed by atoms with Crippen molar-refractivity contribution in [2.45, 2.75) is 6.42 Å². The van der Waals surface area contributed by atoms with Crippen molar-refractivity contribution in [3.8, 4) is 0 Å². The Balaban J connectivity index is 2.33. The fourth-order valence-electron chi connectivity index (χ4n) is 2.75. The number of nitrogens with zero attached hydrogens (tertiary/aromatic N) is 2. The van der Waals surface area contributed by atoms with E-state index in [1.165, 1.54) is 22.2 Å². The van der Waals surface area contributed by atoms with Crippen molar-refractivity contribution in [3.63, 3.8) is 0 Å². The molecule has 3 heteroatoms. The lowest BCUT2D eigenvalue weighted by Gasteiger charge is -2.02. The molecule has 0 unspecified atom stereocenters. The minimum absolute atomic E-state index is 0.855. The van der Waals surface area contributed by atoms with Crippen molar-refractivity contribution in [1.29, 1.82) is 0 Å². The molecule has 0 fully saturated rings. The molecular formula is C15H10N2S. The minimum Gasteiger partial charge on any atom is -0.319 e. The summed E-state index contributed by atoms with van der Waals surface area (Å²) in [5.41, 5.74) is 3.78. The Kier molecular flexibility index (Phi) is 1.94. The van der Waals surface area contributed by atoms with E-state index in [4.69, 9.17) is 12.2 Å². The van der Waals surface area contributed by atoms with Crippen LogP contribution in [0.25, 0.3) is 22.4 Å². The third kappa shape index (κ3) is 1.17. The summed E-state index contributed by atoms with van der Waals surface area (Å²) in [6.45, 7) is 0. The fourth-order valence-corrected chi connectivity index (χ4v) is 2.97. The van der Waals surface area contributed by atoms with E-state index in [1.807, 2.05) is 18.5 Å². The van der Waals surface area contributed by atoms with Gasteiger partial charge in [0.15, 0.2) is 0 Å². The first kappa shape index (κ1) is 9.97.